The van der Waals surface area contributed by atoms with Crippen molar-refractivity contribution >= 4 is 22.7 Å². The maximum atomic E-state index is 5.01. The number of hydrogen-bond acceptors (Lipinski definition) is 5. The van der Waals surface area contributed by atoms with Crippen molar-refractivity contribution in [2.75, 3.05) is 49.5 Å². The number of hydrogen-bond donors (Lipinski definition) is 1. The van der Waals surface area contributed by atoms with Gasteiger partial charge in [0, 0.05) is 25.0 Å². The minimum absolute atomic E-state index is 0.782. The van der Waals surface area contributed by atoms with Crippen LogP contribution in [0.25, 0.3) is 10.9 Å². The van der Waals surface area contributed by atoms with Crippen LogP contribution in [0, 0.1) is 11.8 Å². The van der Waals surface area contributed by atoms with Crippen LogP contribution in [0.2, 0.25) is 0 Å². The minimum atomic E-state index is 0.782. The van der Waals surface area contributed by atoms with Gasteiger partial charge < -0.3 is 15.1 Å². The Morgan fingerprint density at radius 2 is 1.68 bits per heavy atom. The predicted molar refractivity (Wildman–Crippen MR) is 118 cm³/mol. The molecule has 0 unspecified atom stereocenters. The first-order valence-electron chi connectivity index (χ1n) is 11.2. The molecule has 5 heteroatoms. The van der Waals surface area contributed by atoms with Crippen molar-refractivity contribution in [3.63, 3.8) is 0 Å². The highest BCUT2D eigenvalue weighted by Crippen LogP contribution is 2.37. The van der Waals surface area contributed by atoms with Crippen LogP contribution >= 0.6 is 0 Å². The van der Waals surface area contributed by atoms with Gasteiger partial charge in [-0.1, -0.05) is 26.0 Å². The van der Waals surface area contributed by atoms with E-state index in [1.165, 1.54) is 31.1 Å². The lowest BCUT2D eigenvalue weighted by atomic mass is 9.84. The fraction of sp³-hybridized carbons (Fsp3) is 0.652. The smallest absolute Gasteiger partial charge is 0.225 e. The highest BCUT2D eigenvalue weighted by Gasteiger charge is 2.30. The molecule has 1 N–H and O–H groups in total. The van der Waals surface area contributed by atoms with E-state index in [0.29, 0.717) is 0 Å². The predicted octanol–water partition coefficient (Wildman–Crippen LogP) is 4.40. The van der Waals surface area contributed by atoms with Gasteiger partial charge in [-0.2, -0.15) is 4.98 Å². The van der Waals surface area contributed by atoms with Crippen molar-refractivity contribution in [1.29, 1.82) is 0 Å². The van der Waals surface area contributed by atoms with Gasteiger partial charge in [-0.3, -0.25) is 0 Å². The number of nitrogens with one attached hydrogen (secondary N) is 1. The maximum Gasteiger partial charge on any atom is 0.225 e. The third-order valence-electron chi connectivity index (χ3n) is 6.63. The summed E-state index contributed by atoms with van der Waals surface area (Å²) in [5, 5.41) is 4.69. The van der Waals surface area contributed by atoms with Gasteiger partial charge in [0.2, 0.25) is 5.95 Å². The summed E-state index contributed by atoms with van der Waals surface area (Å²) >= 11 is 0. The first-order chi connectivity index (χ1) is 13.8. The van der Waals surface area contributed by atoms with Gasteiger partial charge in [0.25, 0.3) is 0 Å². The van der Waals surface area contributed by atoms with E-state index in [4.69, 9.17) is 9.97 Å². The summed E-state index contributed by atoms with van der Waals surface area (Å²) in [5.41, 5.74) is 1.05. The van der Waals surface area contributed by atoms with Gasteiger partial charge >= 0.3 is 0 Å². The molecule has 5 rings (SSSR count). The molecule has 1 aromatic carbocycles. The molecule has 2 aromatic rings. The van der Waals surface area contributed by atoms with Crippen LogP contribution in [0.5, 0.6) is 0 Å². The second kappa shape index (κ2) is 9.08. The summed E-state index contributed by atoms with van der Waals surface area (Å²) in [6.07, 6.45) is 6.67. The number of anilines is 2. The van der Waals surface area contributed by atoms with Gasteiger partial charge in [-0.15, -0.1) is 0 Å². The molecule has 3 aliphatic rings. The lowest BCUT2D eigenvalue weighted by Crippen LogP contribution is -2.29. The van der Waals surface area contributed by atoms with Crippen molar-refractivity contribution in [3.8, 4) is 0 Å². The minimum Gasteiger partial charge on any atom is -0.355 e. The average molecular weight is 382 g/mol. The number of aromatic nitrogens is 2. The van der Waals surface area contributed by atoms with E-state index in [0.717, 1.165) is 74.8 Å². The molecule has 1 aliphatic carbocycles. The van der Waals surface area contributed by atoms with Crippen LogP contribution in [0.1, 0.15) is 46.0 Å². The Bertz CT molecular complexity index is 751. The summed E-state index contributed by atoms with van der Waals surface area (Å²) in [7, 11) is 0. The average Bonchev–Trinajstić information content (AvgIpc) is 3.07. The molecule has 0 spiro atoms. The topological polar surface area (TPSA) is 44.3 Å². The number of nitrogens with zero attached hydrogens (tertiary/aromatic N) is 4. The largest absolute Gasteiger partial charge is 0.355 e. The molecule has 1 aromatic heterocycles. The number of para-hydroxylation sites is 1. The Kier molecular flexibility index (Phi) is 6.30. The highest BCUT2D eigenvalue weighted by molar-refractivity contribution is 5.90. The van der Waals surface area contributed by atoms with E-state index in [1.54, 1.807) is 0 Å². The molecule has 2 saturated heterocycles. The Hall–Kier alpha value is -1.88. The zero-order chi connectivity index (χ0) is 19.3. The Morgan fingerprint density at radius 1 is 1.00 bits per heavy atom. The third-order valence-corrected chi connectivity index (χ3v) is 6.63. The van der Waals surface area contributed by atoms with Crippen molar-refractivity contribution in [2.45, 2.75) is 46.0 Å². The molecule has 3 heterocycles. The molecular formula is C23H35N5. The second-order valence-corrected chi connectivity index (χ2v) is 8.49. The third kappa shape index (κ3) is 4.40. The van der Waals surface area contributed by atoms with Gasteiger partial charge in [-0.05, 0) is 75.7 Å². The first kappa shape index (κ1) is 19.4. The van der Waals surface area contributed by atoms with Crippen molar-refractivity contribution in [3.05, 3.63) is 24.3 Å². The summed E-state index contributed by atoms with van der Waals surface area (Å²) in [6.45, 7) is 11.0. The van der Waals surface area contributed by atoms with E-state index in [9.17, 15) is 0 Å². The Labute approximate surface area is 169 Å². The van der Waals surface area contributed by atoms with Crippen LogP contribution in [0.4, 0.5) is 11.8 Å². The normalized spacial score (nSPS) is 22.0. The SMILES string of the molecule is CCN(CC)CCCNc1nc(N2CC3CCC(CC3)C2)c2ccccc2n1. The van der Waals surface area contributed by atoms with Crippen LogP contribution in [0.3, 0.4) is 0 Å². The van der Waals surface area contributed by atoms with Gasteiger partial charge in [0.05, 0.1) is 5.52 Å². The zero-order valence-electron chi connectivity index (χ0n) is 17.5. The van der Waals surface area contributed by atoms with E-state index < -0.39 is 0 Å². The lowest BCUT2D eigenvalue weighted by Gasteiger charge is -2.25. The van der Waals surface area contributed by atoms with E-state index in [1.807, 2.05) is 0 Å². The molecule has 0 atom stereocenters. The Morgan fingerprint density at radius 3 is 2.36 bits per heavy atom. The van der Waals surface area contributed by atoms with E-state index in [2.05, 4.69) is 53.2 Å². The van der Waals surface area contributed by atoms with Gasteiger partial charge in [-0.25, -0.2) is 4.98 Å². The molecular weight excluding hydrogens is 346 g/mol. The van der Waals surface area contributed by atoms with Crippen LogP contribution in [-0.4, -0.2) is 54.1 Å². The number of benzene rings is 1. The zero-order valence-corrected chi connectivity index (χ0v) is 17.5. The molecule has 2 bridgehead atoms. The van der Waals surface area contributed by atoms with Crippen molar-refractivity contribution in [1.82, 2.24) is 14.9 Å². The van der Waals surface area contributed by atoms with Gasteiger partial charge in [0.15, 0.2) is 0 Å². The summed E-state index contributed by atoms with van der Waals surface area (Å²) < 4.78 is 0. The van der Waals surface area contributed by atoms with Gasteiger partial charge in [0.1, 0.15) is 5.82 Å². The van der Waals surface area contributed by atoms with E-state index >= 15 is 0 Å². The standard InChI is InChI=1S/C23H35N5/c1-3-27(4-2)15-7-14-24-23-25-21-9-6-5-8-20(21)22(26-23)28-16-18-10-11-19(17-28)13-12-18/h5-6,8-9,18-19H,3-4,7,10-17H2,1-2H3,(H,24,25,26). The monoisotopic (exact) mass is 381 g/mol. The molecule has 0 amide bonds. The Balaban J connectivity index is 1.52. The summed E-state index contributed by atoms with van der Waals surface area (Å²) in [4.78, 5) is 14.8. The molecule has 5 nitrogen and oxygen atoms in total. The van der Waals surface area contributed by atoms with Crippen molar-refractivity contribution in [2.24, 2.45) is 11.8 Å². The van der Waals surface area contributed by atoms with Crippen LogP contribution in [-0.2, 0) is 0 Å². The van der Waals surface area contributed by atoms with Crippen LogP contribution in [0.15, 0.2) is 24.3 Å². The first-order valence-corrected chi connectivity index (χ1v) is 11.2. The lowest BCUT2D eigenvalue weighted by molar-refractivity contribution is 0.303. The molecule has 3 fully saturated rings. The van der Waals surface area contributed by atoms with Crippen LogP contribution < -0.4 is 10.2 Å². The number of fused-ring (bicyclic) bond motifs is 5. The number of rotatable bonds is 8. The molecule has 2 aliphatic heterocycles. The summed E-state index contributed by atoms with van der Waals surface area (Å²) in [5.74, 6) is 3.58. The fourth-order valence-corrected chi connectivity index (χ4v) is 4.89. The molecule has 0 radical (unpaired) electrons. The van der Waals surface area contributed by atoms with Crippen molar-refractivity contribution < 1.29 is 0 Å². The highest BCUT2D eigenvalue weighted by atomic mass is 15.2. The molecule has 28 heavy (non-hydrogen) atoms. The maximum absolute atomic E-state index is 5.01. The summed E-state index contributed by atoms with van der Waals surface area (Å²) in [6, 6.07) is 8.49. The fourth-order valence-electron chi connectivity index (χ4n) is 4.89. The molecule has 152 valence electrons. The quantitative estimate of drug-likeness (QED) is 0.687. The van der Waals surface area contributed by atoms with E-state index in [-0.39, 0.29) is 0 Å². The molecule has 1 saturated carbocycles. The second-order valence-electron chi connectivity index (χ2n) is 8.49.